The molecule has 7 heteroatoms. The highest BCUT2D eigenvalue weighted by Crippen LogP contribution is 2.37. The van der Waals surface area contributed by atoms with Crippen molar-refractivity contribution in [3.8, 4) is 0 Å². The summed E-state index contributed by atoms with van der Waals surface area (Å²) >= 11 is 0. The first kappa shape index (κ1) is 28.7. The lowest BCUT2D eigenvalue weighted by atomic mass is 9.99. The molecule has 3 aromatic carbocycles. The van der Waals surface area contributed by atoms with Gasteiger partial charge in [0.25, 0.3) is 8.32 Å². The maximum absolute atomic E-state index is 13.4. The molecule has 206 valence electrons. The molecule has 1 saturated heterocycles. The third-order valence-corrected chi connectivity index (χ3v) is 12.7. The van der Waals surface area contributed by atoms with E-state index >= 15 is 0 Å². The van der Waals surface area contributed by atoms with Crippen LogP contribution >= 0.6 is 0 Å². The maximum atomic E-state index is 13.4. The average Bonchev–Trinajstić information content (AvgIpc) is 3.30. The number of carbonyl (C=O) groups is 2. The molecule has 2 amide bonds. The van der Waals surface area contributed by atoms with Gasteiger partial charge in [0.05, 0.1) is 18.1 Å². The van der Waals surface area contributed by atoms with Gasteiger partial charge in [-0.05, 0) is 33.8 Å². The van der Waals surface area contributed by atoms with Crippen molar-refractivity contribution in [1.82, 2.24) is 4.90 Å². The van der Waals surface area contributed by atoms with Crippen LogP contribution in [-0.2, 0) is 20.4 Å². The zero-order chi connectivity index (χ0) is 28.0. The van der Waals surface area contributed by atoms with E-state index in [4.69, 9.17) is 9.16 Å². The molecule has 1 N–H and O–H groups in total. The fourth-order valence-corrected chi connectivity index (χ4v) is 10.1. The Morgan fingerprint density at radius 1 is 0.974 bits per heavy atom. The minimum Gasteiger partial charge on any atom is -0.447 e. The molecule has 0 aliphatic carbocycles. The van der Waals surface area contributed by atoms with Crippen molar-refractivity contribution in [2.45, 2.75) is 57.7 Å². The highest BCUT2D eigenvalue weighted by Gasteiger charge is 2.50. The number of nitrogens with zero attached hydrogens (tertiary/aromatic N) is 1. The molecule has 3 aromatic rings. The number of carbonyl (C=O) groups excluding carboxylic acids is 2. The average molecular weight is 546 g/mol. The minimum absolute atomic E-state index is 0.152. The standard InChI is InChI=1S/C32H39NO5Si/c1-24(30(35)33-26(23-37-31(33)36)22-25-14-8-5-9-15-25)29(34)20-21-38-39(32(2,3)4,27-16-10-6-11-17-27)28-18-12-7-13-19-28/h5-19,24,26,29,34H,20-23H2,1-4H3/t24-,26-,29+/m0/s1. The highest BCUT2D eigenvalue weighted by atomic mass is 28.4. The van der Waals surface area contributed by atoms with E-state index < -0.39 is 38.4 Å². The molecule has 0 aromatic heterocycles. The number of benzene rings is 3. The first-order valence-corrected chi connectivity index (χ1v) is 15.5. The summed E-state index contributed by atoms with van der Waals surface area (Å²) < 4.78 is 12.1. The fourth-order valence-electron chi connectivity index (χ4n) is 5.50. The van der Waals surface area contributed by atoms with E-state index in [-0.39, 0.29) is 24.7 Å². The Labute approximate surface area is 232 Å². The molecule has 4 rings (SSSR count). The number of aliphatic hydroxyl groups is 1. The molecule has 0 unspecified atom stereocenters. The lowest BCUT2D eigenvalue weighted by Crippen LogP contribution is -2.66. The lowest BCUT2D eigenvalue weighted by Gasteiger charge is -2.43. The third kappa shape index (κ3) is 6.16. The molecule has 39 heavy (non-hydrogen) atoms. The fraction of sp³-hybridized carbons (Fsp3) is 0.375. The Kier molecular flexibility index (Phi) is 9.05. The molecule has 1 aliphatic rings. The number of hydrogen-bond acceptors (Lipinski definition) is 5. The van der Waals surface area contributed by atoms with Gasteiger partial charge in [0.15, 0.2) is 0 Å². The third-order valence-electron chi connectivity index (χ3n) is 7.63. The van der Waals surface area contributed by atoms with Crippen molar-refractivity contribution in [3.05, 3.63) is 96.6 Å². The molecule has 3 atom stereocenters. The van der Waals surface area contributed by atoms with Crippen LogP contribution < -0.4 is 10.4 Å². The first-order valence-electron chi connectivity index (χ1n) is 13.6. The summed E-state index contributed by atoms with van der Waals surface area (Å²) in [6.45, 7) is 8.71. The summed E-state index contributed by atoms with van der Waals surface area (Å²) in [5, 5.41) is 13.2. The van der Waals surface area contributed by atoms with E-state index in [1.165, 1.54) is 4.90 Å². The Bertz CT molecular complexity index is 1190. The Morgan fingerprint density at radius 2 is 1.49 bits per heavy atom. The normalized spacial score (nSPS) is 17.5. The zero-order valence-corrected chi connectivity index (χ0v) is 24.2. The van der Waals surface area contributed by atoms with Gasteiger partial charge in [-0.1, -0.05) is 119 Å². The zero-order valence-electron chi connectivity index (χ0n) is 23.2. The first-order chi connectivity index (χ1) is 18.6. The van der Waals surface area contributed by atoms with Crippen LogP contribution in [0.25, 0.3) is 0 Å². The number of hydrogen-bond donors (Lipinski definition) is 1. The van der Waals surface area contributed by atoms with Crippen LogP contribution in [0.2, 0.25) is 5.04 Å². The number of ether oxygens (including phenoxy) is 1. The number of amides is 2. The summed E-state index contributed by atoms with van der Waals surface area (Å²) in [5.41, 5.74) is 1.02. The van der Waals surface area contributed by atoms with E-state index in [2.05, 4.69) is 45.0 Å². The van der Waals surface area contributed by atoms with Gasteiger partial charge in [-0.3, -0.25) is 4.79 Å². The highest BCUT2D eigenvalue weighted by molar-refractivity contribution is 6.99. The van der Waals surface area contributed by atoms with Crippen LogP contribution in [-0.4, -0.2) is 55.7 Å². The molecule has 0 bridgehead atoms. The quantitative estimate of drug-likeness (QED) is 0.379. The van der Waals surface area contributed by atoms with Gasteiger partial charge < -0.3 is 14.3 Å². The van der Waals surface area contributed by atoms with Gasteiger partial charge in [0.2, 0.25) is 5.91 Å². The van der Waals surface area contributed by atoms with Gasteiger partial charge in [-0.25, -0.2) is 9.69 Å². The summed E-state index contributed by atoms with van der Waals surface area (Å²) in [7, 11) is -2.75. The van der Waals surface area contributed by atoms with E-state index in [0.717, 1.165) is 15.9 Å². The second kappa shape index (κ2) is 12.3. The van der Waals surface area contributed by atoms with E-state index in [1.807, 2.05) is 66.7 Å². The topological polar surface area (TPSA) is 76.1 Å². The lowest BCUT2D eigenvalue weighted by molar-refractivity contribution is -0.136. The van der Waals surface area contributed by atoms with Gasteiger partial charge >= 0.3 is 6.09 Å². The molecule has 1 aliphatic heterocycles. The van der Waals surface area contributed by atoms with Crippen LogP contribution in [0.15, 0.2) is 91.0 Å². The van der Waals surface area contributed by atoms with Crippen molar-refractivity contribution in [2.75, 3.05) is 13.2 Å². The van der Waals surface area contributed by atoms with Gasteiger partial charge in [0.1, 0.15) is 6.61 Å². The predicted octanol–water partition coefficient (Wildman–Crippen LogP) is 4.54. The summed E-state index contributed by atoms with van der Waals surface area (Å²) in [6.07, 6.45) is -0.841. The monoisotopic (exact) mass is 545 g/mol. The van der Waals surface area contributed by atoms with Crippen molar-refractivity contribution >= 4 is 30.7 Å². The molecular formula is C32H39NO5Si. The van der Waals surface area contributed by atoms with Crippen LogP contribution in [0.5, 0.6) is 0 Å². The van der Waals surface area contributed by atoms with E-state index in [1.54, 1.807) is 6.92 Å². The summed E-state index contributed by atoms with van der Waals surface area (Å²) in [5.74, 6) is -1.20. The predicted molar refractivity (Wildman–Crippen MR) is 155 cm³/mol. The molecular weight excluding hydrogens is 506 g/mol. The number of rotatable bonds is 10. The molecule has 1 heterocycles. The molecule has 0 radical (unpaired) electrons. The Morgan fingerprint density at radius 3 is 2.00 bits per heavy atom. The van der Waals surface area contributed by atoms with Crippen molar-refractivity contribution in [1.29, 1.82) is 0 Å². The SMILES string of the molecule is C[C@H](C(=O)N1C(=O)OC[C@@H]1Cc1ccccc1)[C@H](O)CCO[Si](c1ccccc1)(c1ccccc1)C(C)(C)C. The molecule has 6 nitrogen and oxygen atoms in total. The van der Waals surface area contributed by atoms with Crippen LogP contribution in [0.1, 0.15) is 39.7 Å². The molecule has 0 spiro atoms. The minimum atomic E-state index is -2.75. The number of imide groups is 1. The maximum Gasteiger partial charge on any atom is 0.416 e. The van der Waals surface area contributed by atoms with Gasteiger partial charge in [-0.2, -0.15) is 0 Å². The Balaban J connectivity index is 1.48. The van der Waals surface area contributed by atoms with Crippen LogP contribution in [0.4, 0.5) is 4.79 Å². The Hall–Kier alpha value is -3.26. The summed E-state index contributed by atoms with van der Waals surface area (Å²) in [6, 6.07) is 30.0. The smallest absolute Gasteiger partial charge is 0.416 e. The number of cyclic esters (lactones) is 1. The van der Waals surface area contributed by atoms with E-state index in [9.17, 15) is 14.7 Å². The summed E-state index contributed by atoms with van der Waals surface area (Å²) in [4.78, 5) is 27.1. The van der Waals surface area contributed by atoms with Crippen molar-refractivity contribution in [3.63, 3.8) is 0 Å². The number of aliphatic hydroxyl groups excluding tert-OH is 1. The van der Waals surface area contributed by atoms with E-state index in [0.29, 0.717) is 6.42 Å². The van der Waals surface area contributed by atoms with Crippen LogP contribution in [0.3, 0.4) is 0 Å². The molecule has 1 fully saturated rings. The molecule has 0 saturated carbocycles. The van der Waals surface area contributed by atoms with Crippen molar-refractivity contribution < 1.29 is 23.9 Å². The van der Waals surface area contributed by atoms with Crippen molar-refractivity contribution in [2.24, 2.45) is 5.92 Å². The van der Waals surface area contributed by atoms with Gasteiger partial charge in [0, 0.05) is 6.61 Å². The second-order valence-corrected chi connectivity index (χ2v) is 15.6. The largest absolute Gasteiger partial charge is 0.447 e. The second-order valence-electron chi connectivity index (χ2n) is 11.3. The van der Waals surface area contributed by atoms with Gasteiger partial charge in [-0.15, -0.1) is 0 Å². The van der Waals surface area contributed by atoms with Crippen LogP contribution in [0, 0.1) is 5.92 Å².